The maximum Gasteiger partial charge on any atom is 0.329 e. The Morgan fingerprint density at radius 1 is 1.50 bits per heavy atom. The Kier molecular flexibility index (Phi) is 2.18. The van der Waals surface area contributed by atoms with Crippen molar-refractivity contribution in [2.75, 3.05) is 0 Å². The van der Waals surface area contributed by atoms with Crippen molar-refractivity contribution >= 4 is 17.1 Å². The molecule has 2 aromatic rings. The highest BCUT2D eigenvalue weighted by molar-refractivity contribution is 5.80. The molecule has 0 spiro atoms. The summed E-state index contributed by atoms with van der Waals surface area (Å²) in [5, 5.41) is 9.22. The smallest absolute Gasteiger partial charge is 0.329 e. The maximum atomic E-state index is 11.2. The van der Waals surface area contributed by atoms with Gasteiger partial charge >= 0.3 is 5.97 Å². The van der Waals surface area contributed by atoms with Crippen molar-refractivity contribution in [3.63, 3.8) is 0 Å². The maximum absolute atomic E-state index is 11.2. The van der Waals surface area contributed by atoms with Crippen LogP contribution >= 0.6 is 0 Å². The van der Waals surface area contributed by atoms with Gasteiger partial charge < -0.3 is 5.11 Å². The Balaban J connectivity index is 2.78. The van der Waals surface area contributed by atoms with Crippen molar-refractivity contribution in [2.24, 2.45) is 0 Å². The SMILES string of the molecule is Cc1nc2cccnc2n1C(C)(C)C(=O)O. The summed E-state index contributed by atoms with van der Waals surface area (Å²) in [4.78, 5) is 19.7. The monoisotopic (exact) mass is 219 g/mol. The van der Waals surface area contributed by atoms with Crippen molar-refractivity contribution in [1.82, 2.24) is 14.5 Å². The zero-order valence-corrected chi connectivity index (χ0v) is 9.43. The molecule has 2 rings (SSSR count). The number of imidazole rings is 1. The van der Waals surface area contributed by atoms with Crippen LogP contribution in [0.4, 0.5) is 0 Å². The lowest BCUT2D eigenvalue weighted by Crippen LogP contribution is -2.36. The fourth-order valence-corrected chi connectivity index (χ4v) is 1.79. The van der Waals surface area contributed by atoms with Gasteiger partial charge in [0.15, 0.2) is 5.65 Å². The van der Waals surface area contributed by atoms with E-state index in [4.69, 9.17) is 0 Å². The van der Waals surface area contributed by atoms with Crippen LogP contribution in [0.2, 0.25) is 0 Å². The number of aliphatic carboxylic acids is 1. The third-order valence-electron chi connectivity index (χ3n) is 2.67. The molecule has 16 heavy (non-hydrogen) atoms. The Labute approximate surface area is 92.8 Å². The minimum Gasteiger partial charge on any atom is -0.480 e. The van der Waals surface area contributed by atoms with Crippen molar-refractivity contribution in [2.45, 2.75) is 26.3 Å². The van der Waals surface area contributed by atoms with Crippen LogP contribution in [0.15, 0.2) is 18.3 Å². The molecule has 0 radical (unpaired) electrons. The third kappa shape index (κ3) is 1.36. The van der Waals surface area contributed by atoms with Crippen LogP contribution < -0.4 is 0 Å². The number of aromatic nitrogens is 3. The lowest BCUT2D eigenvalue weighted by atomic mass is 10.1. The lowest BCUT2D eigenvalue weighted by molar-refractivity contribution is -0.145. The minimum absolute atomic E-state index is 0.604. The van der Waals surface area contributed by atoms with Gasteiger partial charge in [0.2, 0.25) is 0 Å². The molecule has 0 unspecified atom stereocenters. The van der Waals surface area contributed by atoms with Gasteiger partial charge in [0.05, 0.1) is 0 Å². The normalized spacial score (nSPS) is 11.9. The molecule has 0 aliphatic carbocycles. The summed E-state index contributed by atoms with van der Waals surface area (Å²) < 4.78 is 1.64. The highest BCUT2D eigenvalue weighted by Gasteiger charge is 2.32. The zero-order valence-electron chi connectivity index (χ0n) is 9.43. The quantitative estimate of drug-likeness (QED) is 0.832. The molecular weight excluding hydrogens is 206 g/mol. The van der Waals surface area contributed by atoms with Crippen molar-refractivity contribution in [1.29, 1.82) is 0 Å². The number of pyridine rings is 1. The summed E-state index contributed by atoms with van der Waals surface area (Å²) in [6.45, 7) is 5.06. The number of rotatable bonds is 2. The molecule has 0 saturated carbocycles. The van der Waals surface area contributed by atoms with Gasteiger partial charge in [0.25, 0.3) is 0 Å². The Morgan fingerprint density at radius 3 is 2.81 bits per heavy atom. The molecule has 0 amide bonds. The molecular formula is C11H13N3O2. The largest absolute Gasteiger partial charge is 0.480 e. The fourth-order valence-electron chi connectivity index (χ4n) is 1.79. The zero-order chi connectivity index (χ0) is 11.9. The highest BCUT2D eigenvalue weighted by Crippen LogP contribution is 2.23. The molecule has 0 aliphatic rings. The van der Waals surface area contributed by atoms with E-state index in [0.717, 1.165) is 0 Å². The minimum atomic E-state index is -1.05. The molecule has 5 heteroatoms. The number of hydrogen-bond acceptors (Lipinski definition) is 3. The molecule has 2 heterocycles. The van der Waals surface area contributed by atoms with Gasteiger partial charge in [0.1, 0.15) is 16.9 Å². The van der Waals surface area contributed by atoms with Gasteiger partial charge in [-0.05, 0) is 32.9 Å². The van der Waals surface area contributed by atoms with Crippen molar-refractivity contribution in [3.8, 4) is 0 Å². The molecule has 0 bridgehead atoms. The molecule has 1 N–H and O–H groups in total. The number of aryl methyl sites for hydroxylation is 1. The van der Waals surface area contributed by atoms with Crippen LogP contribution in [0.25, 0.3) is 11.2 Å². The van der Waals surface area contributed by atoms with E-state index in [9.17, 15) is 9.90 Å². The van der Waals surface area contributed by atoms with E-state index in [1.807, 2.05) is 6.07 Å². The third-order valence-corrected chi connectivity index (χ3v) is 2.67. The average Bonchev–Trinajstić information content (AvgIpc) is 2.53. The van der Waals surface area contributed by atoms with Crippen LogP contribution in [-0.4, -0.2) is 25.6 Å². The van der Waals surface area contributed by atoms with Gasteiger partial charge in [-0.15, -0.1) is 0 Å². The van der Waals surface area contributed by atoms with E-state index in [0.29, 0.717) is 17.0 Å². The van der Waals surface area contributed by atoms with Crippen molar-refractivity contribution < 1.29 is 9.90 Å². The molecule has 0 saturated heterocycles. The van der Waals surface area contributed by atoms with Crippen molar-refractivity contribution in [3.05, 3.63) is 24.2 Å². The van der Waals surface area contributed by atoms with Crippen LogP contribution in [0, 0.1) is 6.92 Å². The molecule has 0 aliphatic heterocycles. The molecule has 84 valence electrons. The van der Waals surface area contributed by atoms with Gasteiger partial charge in [-0.25, -0.2) is 14.8 Å². The standard InChI is InChI=1S/C11H13N3O2/c1-7-13-8-5-4-6-12-9(8)14(7)11(2,3)10(15)16/h4-6H,1-3H3,(H,15,16). The number of hydrogen-bond donors (Lipinski definition) is 1. The number of fused-ring (bicyclic) bond motifs is 1. The summed E-state index contributed by atoms with van der Waals surface area (Å²) in [5.74, 6) is -0.248. The highest BCUT2D eigenvalue weighted by atomic mass is 16.4. The summed E-state index contributed by atoms with van der Waals surface area (Å²) >= 11 is 0. The second kappa shape index (κ2) is 3.30. The second-order valence-electron chi connectivity index (χ2n) is 4.20. The van der Waals surface area contributed by atoms with Gasteiger partial charge in [-0.2, -0.15) is 0 Å². The van der Waals surface area contributed by atoms with Crippen LogP contribution in [-0.2, 0) is 10.3 Å². The van der Waals surface area contributed by atoms with E-state index in [1.165, 1.54) is 0 Å². The number of carboxylic acids is 1. The van der Waals surface area contributed by atoms with E-state index >= 15 is 0 Å². The Morgan fingerprint density at radius 2 is 2.19 bits per heavy atom. The van der Waals surface area contributed by atoms with Gasteiger partial charge in [0, 0.05) is 6.20 Å². The second-order valence-corrected chi connectivity index (χ2v) is 4.20. The first-order valence-electron chi connectivity index (χ1n) is 4.98. The van der Waals surface area contributed by atoms with E-state index in [1.54, 1.807) is 37.6 Å². The first-order valence-corrected chi connectivity index (χ1v) is 4.98. The van der Waals surface area contributed by atoms with E-state index < -0.39 is 11.5 Å². The van der Waals surface area contributed by atoms with E-state index in [-0.39, 0.29) is 0 Å². The Hall–Kier alpha value is -1.91. The Bertz CT molecular complexity index is 557. The van der Waals surface area contributed by atoms with Crippen LogP contribution in [0.5, 0.6) is 0 Å². The molecule has 5 nitrogen and oxygen atoms in total. The fraction of sp³-hybridized carbons (Fsp3) is 0.364. The predicted octanol–water partition coefficient (Wildman–Crippen LogP) is 1.56. The first kappa shape index (κ1) is 10.6. The molecule has 0 fully saturated rings. The summed E-state index contributed by atoms with van der Waals surface area (Å²) in [5.41, 5.74) is 0.273. The summed E-state index contributed by atoms with van der Waals surface area (Å²) in [6, 6.07) is 3.61. The van der Waals surface area contributed by atoms with Gasteiger partial charge in [-0.1, -0.05) is 0 Å². The number of carboxylic acid groups (broad SMARTS) is 1. The van der Waals surface area contributed by atoms with Crippen LogP contribution in [0.3, 0.4) is 0 Å². The summed E-state index contributed by atoms with van der Waals surface area (Å²) in [7, 11) is 0. The number of nitrogens with zero attached hydrogens (tertiary/aromatic N) is 3. The summed E-state index contributed by atoms with van der Waals surface area (Å²) in [6.07, 6.45) is 1.64. The first-order chi connectivity index (χ1) is 7.44. The predicted molar refractivity (Wildman–Crippen MR) is 59.2 cm³/mol. The molecule has 2 aromatic heterocycles. The van der Waals surface area contributed by atoms with Gasteiger partial charge in [-0.3, -0.25) is 4.57 Å². The van der Waals surface area contributed by atoms with E-state index in [2.05, 4.69) is 9.97 Å². The topological polar surface area (TPSA) is 68.0 Å². The average molecular weight is 219 g/mol. The lowest BCUT2D eigenvalue weighted by Gasteiger charge is -2.23. The van der Waals surface area contributed by atoms with Crippen LogP contribution in [0.1, 0.15) is 19.7 Å². The molecule has 0 atom stereocenters. The number of carbonyl (C=O) groups is 1. The molecule has 0 aromatic carbocycles.